The molecule has 0 aliphatic heterocycles. The normalized spacial score (nSPS) is 10.7. The molecule has 2 heterocycles. The minimum absolute atomic E-state index is 0.198. The molecule has 0 amide bonds. The van der Waals surface area contributed by atoms with Crippen LogP contribution in [0.3, 0.4) is 0 Å². The van der Waals surface area contributed by atoms with Crippen LogP contribution in [0.1, 0.15) is 5.56 Å². The van der Waals surface area contributed by atoms with Gasteiger partial charge in [0.1, 0.15) is 11.6 Å². The molecule has 0 spiro atoms. The molecule has 4 N–H and O–H groups in total. The number of fused-ring (bicyclic) bond motifs is 1. The number of H-pyrrole nitrogens is 1. The number of hydrogen-bond donors (Lipinski definition) is 3. The molecule has 0 aliphatic rings. The first kappa shape index (κ1) is 12.2. The highest BCUT2D eigenvalue weighted by Gasteiger charge is 2.08. The van der Waals surface area contributed by atoms with E-state index in [1.54, 1.807) is 13.3 Å². The fourth-order valence-electron chi connectivity index (χ4n) is 2.01. The molecule has 0 radical (unpaired) electrons. The van der Waals surface area contributed by atoms with E-state index in [1.165, 1.54) is 0 Å². The van der Waals surface area contributed by atoms with E-state index in [0.29, 0.717) is 18.0 Å². The summed E-state index contributed by atoms with van der Waals surface area (Å²) in [5, 5.41) is 10.8. The zero-order valence-corrected chi connectivity index (χ0v) is 10.9. The molecule has 20 heavy (non-hydrogen) atoms. The van der Waals surface area contributed by atoms with Gasteiger partial charge in [-0.15, -0.1) is 0 Å². The van der Waals surface area contributed by atoms with E-state index in [4.69, 9.17) is 10.5 Å². The van der Waals surface area contributed by atoms with Crippen molar-refractivity contribution in [1.82, 2.24) is 20.2 Å². The Hall–Kier alpha value is -2.83. The molecule has 2 aromatic heterocycles. The lowest BCUT2D eigenvalue weighted by atomic mass is 10.2. The number of aromatic nitrogens is 4. The minimum Gasteiger partial charge on any atom is -0.496 e. The summed E-state index contributed by atoms with van der Waals surface area (Å²) in [5.41, 5.74) is 7.32. The number of rotatable bonds is 4. The molecule has 0 saturated carbocycles. The Labute approximate surface area is 115 Å². The van der Waals surface area contributed by atoms with Crippen molar-refractivity contribution in [2.45, 2.75) is 6.54 Å². The van der Waals surface area contributed by atoms with E-state index in [-0.39, 0.29) is 5.95 Å². The van der Waals surface area contributed by atoms with Crippen LogP contribution in [0, 0.1) is 0 Å². The van der Waals surface area contributed by atoms with Gasteiger partial charge in [-0.3, -0.25) is 5.10 Å². The molecular weight excluding hydrogens is 256 g/mol. The summed E-state index contributed by atoms with van der Waals surface area (Å²) in [6, 6.07) is 7.79. The Morgan fingerprint density at radius 2 is 2.15 bits per heavy atom. The predicted octanol–water partition coefficient (Wildman–Crippen LogP) is 1.56. The number of nitrogens with two attached hydrogens (primary N) is 1. The van der Waals surface area contributed by atoms with Crippen molar-refractivity contribution in [2.75, 3.05) is 18.2 Å². The van der Waals surface area contributed by atoms with Crippen molar-refractivity contribution in [3.05, 3.63) is 36.0 Å². The van der Waals surface area contributed by atoms with Crippen molar-refractivity contribution >= 4 is 22.8 Å². The van der Waals surface area contributed by atoms with Crippen LogP contribution in [-0.2, 0) is 6.54 Å². The lowest BCUT2D eigenvalue weighted by Gasteiger charge is -2.10. The first-order chi connectivity index (χ1) is 9.78. The molecule has 3 aromatic rings. The predicted molar refractivity (Wildman–Crippen MR) is 76.4 cm³/mol. The number of nitrogens with one attached hydrogen (secondary N) is 2. The summed E-state index contributed by atoms with van der Waals surface area (Å²) in [7, 11) is 1.65. The van der Waals surface area contributed by atoms with Crippen LogP contribution in [0.4, 0.5) is 11.8 Å². The number of hydrogen-bond acceptors (Lipinski definition) is 6. The molecule has 0 fully saturated rings. The van der Waals surface area contributed by atoms with Crippen molar-refractivity contribution in [1.29, 1.82) is 0 Å². The zero-order chi connectivity index (χ0) is 13.9. The summed E-state index contributed by atoms with van der Waals surface area (Å²) in [6.45, 7) is 0.570. The molecule has 0 aliphatic carbocycles. The third kappa shape index (κ3) is 2.20. The highest BCUT2D eigenvalue weighted by Crippen LogP contribution is 2.22. The van der Waals surface area contributed by atoms with E-state index >= 15 is 0 Å². The summed E-state index contributed by atoms with van der Waals surface area (Å²) in [6.07, 6.45) is 1.67. The number of ether oxygens (including phenoxy) is 1. The second-order valence-electron chi connectivity index (χ2n) is 4.23. The summed E-state index contributed by atoms with van der Waals surface area (Å²) < 4.78 is 5.31. The Kier molecular flexibility index (Phi) is 3.08. The van der Waals surface area contributed by atoms with Crippen LogP contribution in [0.15, 0.2) is 30.5 Å². The van der Waals surface area contributed by atoms with Crippen LogP contribution in [0.2, 0.25) is 0 Å². The van der Waals surface area contributed by atoms with E-state index in [9.17, 15) is 0 Å². The molecule has 0 atom stereocenters. The Balaban J connectivity index is 1.88. The SMILES string of the molecule is COc1ccccc1CNc1nc(N)nc2[nH]ncc12. The van der Waals surface area contributed by atoms with Crippen LogP contribution < -0.4 is 15.8 Å². The van der Waals surface area contributed by atoms with Gasteiger partial charge in [0, 0.05) is 12.1 Å². The number of nitrogen functional groups attached to an aromatic ring is 1. The standard InChI is InChI=1S/C13H14N6O/c1-20-10-5-3-2-4-8(10)6-15-11-9-7-16-19-12(9)18-13(14)17-11/h2-5,7H,6H2,1H3,(H4,14,15,16,17,18,19). The molecular formula is C13H14N6O. The van der Waals surface area contributed by atoms with Crippen molar-refractivity contribution < 1.29 is 4.74 Å². The van der Waals surface area contributed by atoms with Crippen LogP contribution in [0.5, 0.6) is 5.75 Å². The smallest absolute Gasteiger partial charge is 0.224 e. The van der Waals surface area contributed by atoms with Gasteiger partial charge in [-0.1, -0.05) is 18.2 Å². The maximum absolute atomic E-state index is 5.67. The number of para-hydroxylation sites is 1. The first-order valence-electron chi connectivity index (χ1n) is 6.10. The molecule has 102 valence electrons. The number of nitrogens with zero attached hydrogens (tertiary/aromatic N) is 3. The summed E-state index contributed by atoms with van der Waals surface area (Å²) >= 11 is 0. The molecule has 3 rings (SSSR count). The largest absolute Gasteiger partial charge is 0.496 e. The van der Waals surface area contributed by atoms with Gasteiger partial charge >= 0.3 is 0 Å². The Morgan fingerprint density at radius 3 is 3.00 bits per heavy atom. The van der Waals surface area contributed by atoms with Gasteiger partial charge in [0.25, 0.3) is 0 Å². The van der Waals surface area contributed by atoms with Gasteiger partial charge in [-0.05, 0) is 6.07 Å². The highest BCUT2D eigenvalue weighted by molar-refractivity contribution is 5.86. The average Bonchev–Trinajstić information content (AvgIpc) is 2.93. The van der Waals surface area contributed by atoms with Crippen LogP contribution in [0.25, 0.3) is 11.0 Å². The molecule has 0 unspecified atom stereocenters. The van der Waals surface area contributed by atoms with Gasteiger partial charge in [0.15, 0.2) is 5.65 Å². The topological polar surface area (TPSA) is 102 Å². The van der Waals surface area contributed by atoms with Gasteiger partial charge in [-0.25, -0.2) is 0 Å². The number of benzene rings is 1. The maximum Gasteiger partial charge on any atom is 0.224 e. The molecule has 1 aromatic carbocycles. The lowest BCUT2D eigenvalue weighted by molar-refractivity contribution is 0.410. The van der Waals surface area contributed by atoms with Crippen LogP contribution >= 0.6 is 0 Å². The second kappa shape index (κ2) is 5.04. The van der Waals surface area contributed by atoms with Gasteiger partial charge in [0.2, 0.25) is 5.95 Å². The first-order valence-corrected chi connectivity index (χ1v) is 6.10. The van der Waals surface area contributed by atoms with Crippen molar-refractivity contribution in [3.8, 4) is 5.75 Å². The fourth-order valence-corrected chi connectivity index (χ4v) is 2.01. The van der Waals surface area contributed by atoms with E-state index in [2.05, 4.69) is 25.5 Å². The van der Waals surface area contributed by atoms with Gasteiger partial charge in [0.05, 0.1) is 18.7 Å². The molecule has 7 nitrogen and oxygen atoms in total. The number of methoxy groups -OCH3 is 1. The van der Waals surface area contributed by atoms with Crippen molar-refractivity contribution in [2.24, 2.45) is 0 Å². The second-order valence-corrected chi connectivity index (χ2v) is 4.23. The average molecular weight is 270 g/mol. The summed E-state index contributed by atoms with van der Waals surface area (Å²) in [4.78, 5) is 8.27. The van der Waals surface area contributed by atoms with Crippen LogP contribution in [-0.4, -0.2) is 27.3 Å². The molecule has 7 heteroatoms. The lowest BCUT2D eigenvalue weighted by Crippen LogP contribution is -2.06. The van der Waals surface area contributed by atoms with E-state index in [1.807, 2.05) is 24.3 Å². The van der Waals surface area contributed by atoms with Crippen molar-refractivity contribution in [3.63, 3.8) is 0 Å². The number of anilines is 2. The molecule has 0 bridgehead atoms. The minimum atomic E-state index is 0.198. The molecule has 0 saturated heterocycles. The zero-order valence-electron chi connectivity index (χ0n) is 10.9. The highest BCUT2D eigenvalue weighted by atomic mass is 16.5. The maximum atomic E-state index is 5.67. The number of aromatic amines is 1. The van der Waals surface area contributed by atoms with Gasteiger partial charge < -0.3 is 15.8 Å². The Bertz CT molecular complexity index is 739. The Morgan fingerprint density at radius 1 is 1.30 bits per heavy atom. The third-order valence-electron chi connectivity index (χ3n) is 2.97. The van der Waals surface area contributed by atoms with E-state index in [0.717, 1.165) is 16.7 Å². The quantitative estimate of drug-likeness (QED) is 0.665. The van der Waals surface area contributed by atoms with Gasteiger partial charge in [-0.2, -0.15) is 15.1 Å². The fraction of sp³-hybridized carbons (Fsp3) is 0.154. The monoisotopic (exact) mass is 270 g/mol. The third-order valence-corrected chi connectivity index (χ3v) is 2.97. The van der Waals surface area contributed by atoms with E-state index < -0.39 is 0 Å². The summed E-state index contributed by atoms with van der Waals surface area (Å²) in [5.74, 6) is 1.67.